The van der Waals surface area contributed by atoms with Crippen molar-refractivity contribution in [3.05, 3.63) is 34.6 Å². The van der Waals surface area contributed by atoms with Crippen molar-refractivity contribution in [2.75, 3.05) is 0 Å². The van der Waals surface area contributed by atoms with Gasteiger partial charge in [0.05, 0.1) is 0 Å². The minimum Gasteiger partial charge on any atom is -0.328 e. The summed E-state index contributed by atoms with van der Waals surface area (Å²) >= 11 is 5.69. The summed E-state index contributed by atoms with van der Waals surface area (Å²) < 4.78 is 13.0. The van der Waals surface area contributed by atoms with E-state index in [1.54, 1.807) is 6.07 Å². The van der Waals surface area contributed by atoms with Gasteiger partial charge in [-0.1, -0.05) is 11.6 Å². The van der Waals surface area contributed by atoms with Crippen molar-refractivity contribution in [2.24, 2.45) is 5.73 Å². The Bertz CT molecular complexity index is 273. The highest BCUT2D eigenvalue weighted by molar-refractivity contribution is 6.30. The Balaban J connectivity index is 2.90. The van der Waals surface area contributed by atoms with Crippen LogP contribution in [0.5, 0.6) is 0 Å². The summed E-state index contributed by atoms with van der Waals surface area (Å²) in [6, 6.07) is 4.46. The van der Waals surface area contributed by atoms with Crippen LogP contribution >= 0.6 is 11.6 Å². The maximum atomic E-state index is 13.0. The number of benzene rings is 1. The summed E-state index contributed by atoms with van der Waals surface area (Å²) in [4.78, 5) is 0. The highest BCUT2D eigenvalue weighted by Gasteiger charge is 2.04. The number of nitrogens with two attached hydrogens (primary N) is 1. The van der Waals surface area contributed by atoms with Crippen LogP contribution in [-0.4, -0.2) is 6.04 Å². The minimum absolute atomic E-state index is 0.0435. The fourth-order valence-electron chi connectivity index (χ4n) is 1.05. The molecular weight excluding hydrogens is 177 g/mol. The molecule has 1 aromatic rings. The Hall–Kier alpha value is -0.600. The number of rotatable bonds is 2. The van der Waals surface area contributed by atoms with Crippen LogP contribution in [0.15, 0.2) is 18.2 Å². The average Bonchev–Trinajstić information content (AvgIpc) is 1.96. The van der Waals surface area contributed by atoms with Crippen LogP contribution in [0.2, 0.25) is 5.02 Å². The Morgan fingerprint density at radius 1 is 1.58 bits per heavy atom. The Labute approximate surface area is 76.3 Å². The van der Waals surface area contributed by atoms with E-state index < -0.39 is 0 Å². The van der Waals surface area contributed by atoms with Crippen LogP contribution in [0.25, 0.3) is 0 Å². The molecule has 0 saturated heterocycles. The van der Waals surface area contributed by atoms with Crippen molar-refractivity contribution in [1.82, 2.24) is 0 Å². The van der Waals surface area contributed by atoms with Crippen molar-refractivity contribution < 1.29 is 4.39 Å². The molecule has 0 aliphatic heterocycles. The van der Waals surface area contributed by atoms with Gasteiger partial charge < -0.3 is 5.73 Å². The normalized spacial score (nSPS) is 13.0. The third-order valence-electron chi connectivity index (χ3n) is 1.55. The van der Waals surface area contributed by atoms with Gasteiger partial charge in [0.25, 0.3) is 0 Å². The molecule has 0 saturated carbocycles. The fraction of sp³-hybridized carbons (Fsp3) is 0.333. The van der Waals surface area contributed by atoms with E-state index in [0.717, 1.165) is 0 Å². The molecule has 1 nitrogen and oxygen atoms in total. The summed E-state index contributed by atoms with van der Waals surface area (Å²) in [7, 11) is 0. The highest BCUT2D eigenvalue weighted by Crippen LogP contribution is 2.15. The minimum atomic E-state index is -0.239. The summed E-state index contributed by atoms with van der Waals surface area (Å²) in [5.74, 6) is -0.239. The second-order valence-electron chi connectivity index (χ2n) is 2.92. The van der Waals surface area contributed by atoms with Crippen LogP contribution in [-0.2, 0) is 6.42 Å². The third kappa shape index (κ3) is 2.47. The third-order valence-corrected chi connectivity index (χ3v) is 1.78. The smallest absolute Gasteiger partial charge is 0.126 e. The lowest BCUT2D eigenvalue weighted by molar-refractivity contribution is 0.596. The van der Waals surface area contributed by atoms with Gasteiger partial charge >= 0.3 is 0 Å². The lowest BCUT2D eigenvalue weighted by Gasteiger charge is -2.06. The first-order chi connectivity index (χ1) is 5.59. The van der Waals surface area contributed by atoms with Gasteiger partial charge in [0, 0.05) is 11.1 Å². The van der Waals surface area contributed by atoms with Gasteiger partial charge in [-0.15, -0.1) is 0 Å². The molecule has 0 bridgehead atoms. The topological polar surface area (TPSA) is 26.0 Å². The van der Waals surface area contributed by atoms with E-state index in [2.05, 4.69) is 0 Å². The predicted octanol–water partition coefficient (Wildman–Crippen LogP) is 2.37. The largest absolute Gasteiger partial charge is 0.328 e. The lowest BCUT2D eigenvalue weighted by atomic mass is 10.1. The molecule has 0 aliphatic rings. The molecule has 2 N–H and O–H groups in total. The fourth-order valence-corrected chi connectivity index (χ4v) is 1.24. The zero-order valence-electron chi connectivity index (χ0n) is 6.85. The molecule has 0 spiro atoms. The molecule has 0 aliphatic carbocycles. The van der Waals surface area contributed by atoms with Gasteiger partial charge in [0.2, 0.25) is 0 Å². The molecule has 1 aromatic carbocycles. The summed E-state index contributed by atoms with van der Waals surface area (Å²) in [6.07, 6.45) is 0.520. The number of hydrogen-bond donors (Lipinski definition) is 1. The van der Waals surface area contributed by atoms with Crippen LogP contribution in [0, 0.1) is 5.82 Å². The van der Waals surface area contributed by atoms with E-state index >= 15 is 0 Å². The Morgan fingerprint density at radius 2 is 2.25 bits per heavy atom. The van der Waals surface area contributed by atoms with Crippen molar-refractivity contribution in [2.45, 2.75) is 19.4 Å². The standard InChI is InChI=1S/C9H11ClFN/c1-6(12)4-7-5-8(10)2-3-9(7)11/h2-3,5-6H,4,12H2,1H3/t6-/m0/s1. The van der Waals surface area contributed by atoms with Crippen LogP contribution < -0.4 is 5.73 Å². The first-order valence-corrected chi connectivity index (χ1v) is 4.17. The summed E-state index contributed by atoms with van der Waals surface area (Å²) in [5.41, 5.74) is 6.11. The Morgan fingerprint density at radius 3 is 2.83 bits per heavy atom. The second-order valence-corrected chi connectivity index (χ2v) is 3.35. The maximum absolute atomic E-state index is 13.0. The van der Waals surface area contributed by atoms with Crippen molar-refractivity contribution in [1.29, 1.82) is 0 Å². The van der Waals surface area contributed by atoms with E-state index in [1.165, 1.54) is 12.1 Å². The van der Waals surface area contributed by atoms with Gasteiger partial charge in [0.1, 0.15) is 5.82 Å². The zero-order chi connectivity index (χ0) is 9.14. The van der Waals surface area contributed by atoms with Crippen molar-refractivity contribution in [3.63, 3.8) is 0 Å². The molecule has 0 heterocycles. The SMILES string of the molecule is C[C@H](N)Cc1cc(Cl)ccc1F. The summed E-state index contributed by atoms with van der Waals surface area (Å²) in [6.45, 7) is 1.83. The first-order valence-electron chi connectivity index (χ1n) is 3.79. The van der Waals surface area contributed by atoms with Crippen LogP contribution in [0.1, 0.15) is 12.5 Å². The van der Waals surface area contributed by atoms with E-state index in [9.17, 15) is 4.39 Å². The van der Waals surface area contributed by atoms with Gasteiger partial charge in [-0.25, -0.2) is 4.39 Å². The number of hydrogen-bond acceptors (Lipinski definition) is 1. The Kier molecular flexibility index (Phi) is 3.06. The molecule has 0 radical (unpaired) electrons. The molecule has 1 rings (SSSR count). The molecule has 0 unspecified atom stereocenters. The molecule has 66 valence electrons. The quantitative estimate of drug-likeness (QED) is 0.756. The predicted molar refractivity (Wildman–Crippen MR) is 48.8 cm³/mol. The molecular formula is C9H11ClFN. The van der Waals surface area contributed by atoms with Gasteiger partial charge in [0.15, 0.2) is 0 Å². The molecule has 0 fully saturated rings. The molecule has 0 aromatic heterocycles. The van der Waals surface area contributed by atoms with Crippen LogP contribution in [0.4, 0.5) is 4.39 Å². The molecule has 1 atom stereocenters. The highest BCUT2D eigenvalue weighted by atomic mass is 35.5. The van der Waals surface area contributed by atoms with E-state index in [1.807, 2.05) is 6.92 Å². The van der Waals surface area contributed by atoms with Crippen molar-refractivity contribution in [3.8, 4) is 0 Å². The maximum Gasteiger partial charge on any atom is 0.126 e. The van der Waals surface area contributed by atoms with E-state index in [-0.39, 0.29) is 11.9 Å². The number of halogens is 2. The summed E-state index contributed by atoms with van der Waals surface area (Å²) in [5, 5.41) is 0.548. The molecule has 12 heavy (non-hydrogen) atoms. The van der Waals surface area contributed by atoms with Gasteiger partial charge in [-0.3, -0.25) is 0 Å². The second kappa shape index (κ2) is 3.87. The van der Waals surface area contributed by atoms with Crippen molar-refractivity contribution >= 4 is 11.6 Å². The van der Waals surface area contributed by atoms with Gasteiger partial charge in [-0.05, 0) is 37.1 Å². The van der Waals surface area contributed by atoms with Crippen LogP contribution in [0.3, 0.4) is 0 Å². The molecule has 3 heteroatoms. The van der Waals surface area contributed by atoms with Gasteiger partial charge in [-0.2, -0.15) is 0 Å². The average molecular weight is 188 g/mol. The monoisotopic (exact) mass is 187 g/mol. The first kappa shape index (κ1) is 9.49. The van der Waals surface area contributed by atoms with E-state index in [0.29, 0.717) is 17.0 Å². The molecule has 0 amide bonds. The lowest BCUT2D eigenvalue weighted by Crippen LogP contribution is -2.18. The van der Waals surface area contributed by atoms with E-state index in [4.69, 9.17) is 17.3 Å². The zero-order valence-corrected chi connectivity index (χ0v) is 7.61.